The van der Waals surface area contributed by atoms with Gasteiger partial charge in [0.15, 0.2) is 0 Å². The SMILES string of the molecule is C=CCn1c(-c2ccccc2)c(NC(=O)OC)sc1=NN=Cc1ccc(C(C)C)cc1. The van der Waals surface area contributed by atoms with Gasteiger partial charge in [0.1, 0.15) is 5.00 Å². The number of thiazole rings is 1. The van der Waals surface area contributed by atoms with Crippen LogP contribution in [0.1, 0.15) is 30.9 Å². The zero-order valence-electron chi connectivity index (χ0n) is 17.9. The number of ether oxygens (including phenoxy) is 1. The molecule has 0 aliphatic carbocycles. The Bertz CT molecular complexity index is 1130. The van der Waals surface area contributed by atoms with Crippen molar-refractivity contribution in [2.75, 3.05) is 12.4 Å². The number of allylic oxidation sites excluding steroid dienone is 1. The second-order valence-corrected chi connectivity index (χ2v) is 8.09. The second-order valence-electron chi connectivity index (χ2n) is 7.11. The molecule has 3 aromatic rings. The van der Waals surface area contributed by atoms with Crippen LogP contribution in [0.5, 0.6) is 0 Å². The number of methoxy groups -OCH3 is 1. The Morgan fingerprint density at radius 3 is 2.52 bits per heavy atom. The molecule has 0 spiro atoms. The summed E-state index contributed by atoms with van der Waals surface area (Å²) >= 11 is 1.33. The minimum atomic E-state index is -0.538. The number of carbonyl (C=O) groups excluding carboxylic acids is 1. The van der Waals surface area contributed by atoms with Gasteiger partial charge in [0.25, 0.3) is 0 Å². The van der Waals surface area contributed by atoms with Gasteiger partial charge < -0.3 is 9.30 Å². The normalized spacial score (nSPS) is 11.8. The van der Waals surface area contributed by atoms with E-state index in [1.54, 1.807) is 12.3 Å². The summed E-state index contributed by atoms with van der Waals surface area (Å²) in [6.07, 6.45) is 2.97. The number of nitrogens with zero attached hydrogens (tertiary/aromatic N) is 3. The molecule has 0 saturated heterocycles. The van der Waals surface area contributed by atoms with Gasteiger partial charge in [-0.2, -0.15) is 5.10 Å². The average molecular weight is 435 g/mol. The lowest BCUT2D eigenvalue weighted by molar-refractivity contribution is 0.187. The number of amides is 1. The maximum absolute atomic E-state index is 11.9. The van der Waals surface area contributed by atoms with Gasteiger partial charge in [-0.05, 0) is 17.0 Å². The number of hydrogen-bond acceptors (Lipinski definition) is 5. The molecule has 6 nitrogen and oxygen atoms in total. The Morgan fingerprint density at radius 1 is 1.19 bits per heavy atom. The van der Waals surface area contributed by atoms with Crippen molar-refractivity contribution in [3.8, 4) is 11.3 Å². The predicted octanol–water partition coefficient (Wildman–Crippen LogP) is 5.64. The first kappa shape index (κ1) is 22.2. The van der Waals surface area contributed by atoms with Gasteiger partial charge in [0.05, 0.1) is 19.0 Å². The summed E-state index contributed by atoms with van der Waals surface area (Å²) in [5.74, 6) is 0.483. The smallest absolute Gasteiger partial charge is 0.412 e. The van der Waals surface area contributed by atoms with Crippen LogP contribution in [0.25, 0.3) is 11.3 Å². The van der Waals surface area contributed by atoms with E-state index in [9.17, 15) is 4.79 Å². The number of rotatable bonds is 7. The average Bonchev–Trinajstić information content (AvgIpc) is 3.11. The van der Waals surface area contributed by atoms with E-state index < -0.39 is 6.09 Å². The third kappa shape index (κ3) is 5.58. The first-order valence-corrected chi connectivity index (χ1v) is 10.8. The van der Waals surface area contributed by atoms with E-state index in [4.69, 9.17) is 4.74 Å². The van der Waals surface area contributed by atoms with E-state index in [0.717, 1.165) is 16.8 Å². The molecule has 0 radical (unpaired) electrons. The highest BCUT2D eigenvalue weighted by Crippen LogP contribution is 2.31. The standard InChI is InChI=1S/C24H26N4O2S/c1-5-15-28-21(20-9-7-6-8-10-20)22(26-24(29)30-4)31-23(28)27-25-16-18-11-13-19(14-12-18)17(2)3/h5-14,16-17H,1,15H2,2-4H3,(H,26,29). The molecule has 160 valence electrons. The van der Waals surface area contributed by atoms with Crippen molar-refractivity contribution >= 4 is 28.6 Å². The Morgan fingerprint density at radius 2 is 1.90 bits per heavy atom. The lowest BCUT2D eigenvalue weighted by Crippen LogP contribution is -2.15. The van der Waals surface area contributed by atoms with E-state index in [-0.39, 0.29) is 0 Å². The highest BCUT2D eigenvalue weighted by atomic mass is 32.1. The molecule has 0 bridgehead atoms. The zero-order valence-corrected chi connectivity index (χ0v) is 18.7. The van der Waals surface area contributed by atoms with Crippen LogP contribution in [0.4, 0.5) is 9.80 Å². The summed E-state index contributed by atoms with van der Waals surface area (Å²) in [6, 6.07) is 18.1. The van der Waals surface area contributed by atoms with Crippen LogP contribution in [0.15, 0.2) is 77.5 Å². The van der Waals surface area contributed by atoms with Crippen molar-refractivity contribution in [1.29, 1.82) is 0 Å². The maximum Gasteiger partial charge on any atom is 0.412 e. The van der Waals surface area contributed by atoms with Crippen LogP contribution in [0.3, 0.4) is 0 Å². The van der Waals surface area contributed by atoms with Crippen LogP contribution >= 0.6 is 11.3 Å². The number of carbonyl (C=O) groups is 1. The largest absolute Gasteiger partial charge is 0.453 e. The first-order valence-electron chi connectivity index (χ1n) is 9.95. The summed E-state index contributed by atoms with van der Waals surface area (Å²) in [7, 11) is 1.34. The molecular weight excluding hydrogens is 408 g/mol. The summed E-state index contributed by atoms with van der Waals surface area (Å²) in [4.78, 5) is 12.5. The van der Waals surface area contributed by atoms with E-state index >= 15 is 0 Å². The molecule has 3 rings (SSSR count). The molecule has 1 aromatic heterocycles. The molecule has 1 heterocycles. The quantitative estimate of drug-likeness (QED) is 0.297. The summed E-state index contributed by atoms with van der Waals surface area (Å²) < 4.78 is 6.76. The molecule has 31 heavy (non-hydrogen) atoms. The highest BCUT2D eigenvalue weighted by Gasteiger charge is 2.17. The van der Waals surface area contributed by atoms with E-state index in [1.807, 2.05) is 47.0 Å². The van der Waals surface area contributed by atoms with Gasteiger partial charge in [-0.1, -0.05) is 85.9 Å². The number of benzene rings is 2. The van der Waals surface area contributed by atoms with E-state index in [1.165, 1.54) is 24.0 Å². The van der Waals surface area contributed by atoms with Crippen LogP contribution < -0.4 is 10.1 Å². The lowest BCUT2D eigenvalue weighted by Gasteiger charge is -2.09. The van der Waals surface area contributed by atoms with Crippen molar-refractivity contribution < 1.29 is 9.53 Å². The number of nitrogens with one attached hydrogen (secondary N) is 1. The van der Waals surface area contributed by atoms with Crippen LogP contribution in [0, 0.1) is 0 Å². The highest BCUT2D eigenvalue weighted by molar-refractivity contribution is 7.14. The van der Waals surface area contributed by atoms with E-state index in [2.05, 4.69) is 48.1 Å². The van der Waals surface area contributed by atoms with Crippen molar-refractivity contribution in [2.45, 2.75) is 26.3 Å². The molecular formula is C24H26N4O2S. The Hall–Kier alpha value is -3.45. The van der Waals surface area contributed by atoms with E-state index in [0.29, 0.717) is 22.3 Å². The predicted molar refractivity (Wildman–Crippen MR) is 128 cm³/mol. The van der Waals surface area contributed by atoms with Gasteiger partial charge in [-0.15, -0.1) is 11.7 Å². The Kier molecular flexibility index (Phi) is 7.56. The molecule has 0 aliphatic rings. The summed E-state index contributed by atoms with van der Waals surface area (Å²) in [5, 5.41) is 12.1. The minimum Gasteiger partial charge on any atom is -0.453 e. The lowest BCUT2D eigenvalue weighted by atomic mass is 10.0. The second kappa shape index (κ2) is 10.5. The van der Waals surface area contributed by atoms with Crippen LogP contribution in [0.2, 0.25) is 0 Å². The van der Waals surface area contributed by atoms with Gasteiger partial charge in [-0.3, -0.25) is 5.32 Å². The van der Waals surface area contributed by atoms with Crippen molar-refractivity contribution in [3.05, 3.63) is 83.2 Å². The van der Waals surface area contributed by atoms with Gasteiger partial charge in [0.2, 0.25) is 4.80 Å². The fourth-order valence-electron chi connectivity index (χ4n) is 3.01. The Labute approximate surface area is 186 Å². The van der Waals surface area contributed by atoms with Crippen molar-refractivity contribution in [3.63, 3.8) is 0 Å². The maximum atomic E-state index is 11.9. The molecule has 0 atom stereocenters. The first-order chi connectivity index (χ1) is 15.0. The molecule has 1 amide bonds. The van der Waals surface area contributed by atoms with Crippen LogP contribution in [-0.4, -0.2) is 24.0 Å². The minimum absolute atomic E-state index is 0.483. The Balaban J connectivity index is 2.04. The van der Waals surface area contributed by atoms with Crippen LogP contribution in [-0.2, 0) is 11.3 Å². The fourth-order valence-corrected chi connectivity index (χ4v) is 4.01. The molecule has 0 saturated carbocycles. The number of hydrogen-bond donors (Lipinski definition) is 1. The molecule has 0 unspecified atom stereocenters. The topological polar surface area (TPSA) is 68.0 Å². The molecule has 0 fully saturated rings. The third-order valence-electron chi connectivity index (χ3n) is 4.62. The summed E-state index contributed by atoms with van der Waals surface area (Å²) in [5.41, 5.74) is 4.02. The monoisotopic (exact) mass is 434 g/mol. The van der Waals surface area contributed by atoms with Crippen molar-refractivity contribution in [2.24, 2.45) is 10.2 Å². The summed E-state index contributed by atoms with van der Waals surface area (Å²) in [6.45, 7) is 8.70. The number of anilines is 1. The molecule has 2 aromatic carbocycles. The fraction of sp³-hybridized carbons (Fsp3) is 0.208. The third-order valence-corrected chi connectivity index (χ3v) is 5.61. The number of aromatic nitrogens is 1. The van der Waals surface area contributed by atoms with Crippen molar-refractivity contribution in [1.82, 2.24) is 4.57 Å². The molecule has 7 heteroatoms. The zero-order chi connectivity index (χ0) is 22.2. The molecule has 1 N–H and O–H groups in total. The molecule has 0 aliphatic heterocycles. The van der Waals surface area contributed by atoms with Gasteiger partial charge in [0, 0.05) is 12.1 Å². The van der Waals surface area contributed by atoms with Gasteiger partial charge in [-0.25, -0.2) is 4.79 Å². The van der Waals surface area contributed by atoms with Gasteiger partial charge >= 0.3 is 6.09 Å².